The fourth-order valence-electron chi connectivity index (χ4n) is 4.25. The van der Waals surface area contributed by atoms with Gasteiger partial charge in [0.05, 0.1) is 22.9 Å². The molecule has 0 spiro atoms. The van der Waals surface area contributed by atoms with E-state index in [2.05, 4.69) is 4.98 Å². The second-order valence-corrected chi connectivity index (χ2v) is 7.25. The summed E-state index contributed by atoms with van der Waals surface area (Å²) in [6.45, 7) is 0.625. The van der Waals surface area contributed by atoms with Gasteiger partial charge in [-0.1, -0.05) is 42.5 Å². The molecule has 5 rings (SSSR count). The monoisotopic (exact) mass is 373 g/mol. The second kappa shape index (κ2) is 6.34. The lowest BCUT2D eigenvalue weighted by atomic mass is 10.1. The van der Waals surface area contributed by atoms with Gasteiger partial charge in [-0.15, -0.1) is 0 Å². The molecule has 2 aliphatic rings. The number of nitrogens with zero attached hydrogens (tertiary/aromatic N) is 3. The number of aromatic hydroxyl groups is 1. The van der Waals surface area contributed by atoms with Gasteiger partial charge in [0.25, 0.3) is 11.5 Å². The van der Waals surface area contributed by atoms with E-state index >= 15 is 0 Å². The zero-order chi connectivity index (χ0) is 19.3. The zero-order valence-electron chi connectivity index (χ0n) is 15.2. The Morgan fingerprint density at radius 3 is 2.61 bits per heavy atom. The first kappa shape index (κ1) is 16.7. The van der Waals surface area contributed by atoms with E-state index in [0.717, 1.165) is 18.4 Å². The molecule has 2 aromatic carbocycles. The molecule has 3 heterocycles. The Balaban J connectivity index is 1.77. The predicted molar refractivity (Wildman–Crippen MR) is 104 cm³/mol. The van der Waals surface area contributed by atoms with Crippen molar-refractivity contribution < 1.29 is 9.90 Å². The molecule has 6 heteroatoms. The molecular weight excluding hydrogens is 354 g/mol. The number of aromatic nitrogens is 2. The van der Waals surface area contributed by atoms with E-state index in [9.17, 15) is 14.7 Å². The van der Waals surface area contributed by atoms with Gasteiger partial charge in [-0.05, 0) is 30.5 Å². The summed E-state index contributed by atoms with van der Waals surface area (Å²) in [5.41, 5.74) is 1.86. The van der Waals surface area contributed by atoms with E-state index in [1.807, 2.05) is 36.4 Å². The van der Waals surface area contributed by atoms with Gasteiger partial charge in [0, 0.05) is 13.0 Å². The summed E-state index contributed by atoms with van der Waals surface area (Å²) < 4.78 is 1.53. The van der Waals surface area contributed by atoms with Gasteiger partial charge < -0.3 is 10.0 Å². The van der Waals surface area contributed by atoms with E-state index in [1.54, 1.807) is 23.1 Å². The molecule has 1 saturated heterocycles. The number of carbonyl (C=O) groups excluding carboxylic acids is 1. The normalized spacial score (nSPS) is 17.6. The van der Waals surface area contributed by atoms with Crippen LogP contribution >= 0.6 is 0 Å². The molecule has 2 aliphatic heterocycles. The van der Waals surface area contributed by atoms with Gasteiger partial charge in [0.2, 0.25) is 5.88 Å². The molecule has 6 nitrogen and oxygen atoms in total. The summed E-state index contributed by atoms with van der Waals surface area (Å²) in [5.74, 6) is 0.0981. The Hall–Kier alpha value is -3.41. The van der Waals surface area contributed by atoms with Gasteiger partial charge in [-0.2, -0.15) is 4.98 Å². The first-order valence-electron chi connectivity index (χ1n) is 9.44. The fourth-order valence-corrected chi connectivity index (χ4v) is 4.25. The summed E-state index contributed by atoms with van der Waals surface area (Å²) in [5, 5.41) is 10.6. The molecule has 1 fully saturated rings. The SMILES string of the molecule is O=C1c2ccccc2-n2c(nc(O)c(Cc3ccccc3)c2=O)[C@@H]2CCCN12. The van der Waals surface area contributed by atoms with Crippen molar-refractivity contribution in [3.63, 3.8) is 0 Å². The molecule has 0 radical (unpaired) electrons. The first-order chi connectivity index (χ1) is 13.6. The van der Waals surface area contributed by atoms with Crippen LogP contribution in [0.4, 0.5) is 0 Å². The number of hydrogen-bond donors (Lipinski definition) is 1. The van der Waals surface area contributed by atoms with Gasteiger partial charge in [0.15, 0.2) is 0 Å². The number of amides is 1. The number of para-hydroxylation sites is 1. The van der Waals surface area contributed by atoms with Crippen molar-refractivity contribution in [3.8, 4) is 11.6 Å². The highest BCUT2D eigenvalue weighted by Crippen LogP contribution is 2.37. The first-order valence-corrected chi connectivity index (χ1v) is 9.44. The maximum absolute atomic E-state index is 13.5. The number of carbonyl (C=O) groups is 1. The van der Waals surface area contributed by atoms with E-state index in [4.69, 9.17) is 0 Å². The lowest BCUT2D eigenvalue weighted by Crippen LogP contribution is -2.32. The van der Waals surface area contributed by atoms with Gasteiger partial charge >= 0.3 is 0 Å². The maximum atomic E-state index is 13.5. The van der Waals surface area contributed by atoms with Crippen molar-refractivity contribution in [1.82, 2.24) is 14.5 Å². The van der Waals surface area contributed by atoms with Crippen LogP contribution in [-0.4, -0.2) is 32.0 Å². The van der Waals surface area contributed by atoms with Crippen molar-refractivity contribution >= 4 is 5.91 Å². The highest BCUT2D eigenvalue weighted by Gasteiger charge is 2.39. The van der Waals surface area contributed by atoms with E-state index < -0.39 is 0 Å². The molecule has 1 N–H and O–H groups in total. The lowest BCUT2D eigenvalue weighted by Gasteiger charge is -2.22. The Morgan fingerprint density at radius 1 is 1.04 bits per heavy atom. The van der Waals surface area contributed by atoms with Crippen LogP contribution in [0.1, 0.15) is 46.2 Å². The van der Waals surface area contributed by atoms with E-state index in [-0.39, 0.29) is 35.4 Å². The van der Waals surface area contributed by atoms with Crippen molar-refractivity contribution in [2.24, 2.45) is 0 Å². The van der Waals surface area contributed by atoms with Crippen molar-refractivity contribution in [1.29, 1.82) is 0 Å². The Kier molecular flexibility index (Phi) is 3.79. The minimum absolute atomic E-state index is 0.0906. The van der Waals surface area contributed by atoms with E-state index in [0.29, 0.717) is 23.6 Å². The molecule has 0 unspecified atom stereocenters. The molecule has 3 aromatic rings. The summed E-state index contributed by atoms with van der Waals surface area (Å²) >= 11 is 0. The standard InChI is InChI=1S/C22H19N3O3/c26-20-16(13-14-7-2-1-3-8-14)22(28)25-17-10-5-4-9-15(17)21(27)24-12-6-11-18(24)19(25)23-20/h1-5,7-10,18,26H,6,11-13H2/t18-/m0/s1. The third-order valence-corrected chi connectivity index (χ3v) is 5.59. The Labute approximate surface area is 161 Å². The lowest BCUT2D eigenvalue weighted by molar-refractivity contribution is 0.0735. The third kappa shape index (κ3) is 2.45. The van der Waals surface area contributed by atoms with Crippen LogP contribution in [0.5, 0.6) is 5.88 Å². The largest absolute Gasteiger partial charge is 0.493 e. The number of benzene rings is 2. The second-order valence-electron chi connectivity index (χ2n) is 7.25. The topological polar surface area (TPSA) is 75.4 Å². The smallest absolute Gasteiger partial charge is 0.265 e. The van der Waals surface area contributed by atoms with Crippen LogP contribution in [0.15, 0.2) is 59.4 Å². The van der Waals surface area contributed by atoms with Gasteiger partial charge in [0.1, 0.15) is 5.82 Å². The summed E-state index contributed by atoms with van der Waals surface area (Å²) in [6.07, 6.45) is 1.86. The van der Waals surface area contributed by atoms with Crippen LogP contribution in [0.3, 0.4) is 0 Å². The van der Waals surface area contributed by atoms with Crippen LogP contribution in [0.25, 0.3) is 5.69 Å². The quantitative estimate of drug-likeness (QED) is 0.750. The number of rotatable bonds is 2. The summed E-state index contributed by atoms with van der Waals surface area (Å²) in [7, 11) is 0. The molecule has 1 atom stereocenters. The number of fused-ring (bicyclic) bond motifs is 5. The Bertz CT molecular complexity index is 1140. The molecule has 1 aromatic heterocycles. The highest BCUT2D eigenvalue weighted by atomic mass is 16.3. The van der Waals surface area contributed by atoms with Crippen molar-refractivity contribution in [2.75, 3.05) is 6.54 Å². The van der Waals surface area contributed by atoms with Gasteiger partial charge in [-0.25, -0.2) is 0 Å². The van der Waals surface area contributed by atoms with Crippen LogP contribution in [0.2, 0.25) is 0 Å². The molecule has 0 aliphatic carbocycles. The summed E-state index contributed by atoms with van der Waals surface area (Å²) in [4.78, 5) is 32.8. The average molecular weight is 373 g/mol. The minimum Gasteiger partial charge on any atom is -0.493 e. The molecule has 0 bridgehead atoms. The predicted octanol–water partition coefficient (Wildman–Crippen LogP) is 2.82. The molecular formula is C22H19N3O3. The van der Waals surface area contributed by atoms with Crippen molar-refractivity contribution in [2.45, 2.75) is 25.3 Å². The summed E-state index contributed by atoms with van der Waals surface area (Å²) in [6, 6.07) is 16.3. The zero-order valence-corrected chi connectivity index (χ0v) is 15.2. The highest BCUT2D eigenvalue weighted by molar-refractivity contribution is 5.98. The average Bonchev–Trinajstić information content (AvgIpc) is 3.18. The maximum Gasteiger partial charge on any atom is 0.265 e. The van der Waals surface area contributed by atoms with Crippen LogP contribution in [-0.2, 0) is 6.42 Å². The molecule has 0 saturated carbocycles. The number of hydrogen-bond acceptors (Lipinski definition) is 4. The fraction of sp³-hybridized carbons (Fsp3) is 0.227. The van der Waals surface area contributed by atoms with Gasteiger partial charge in [-0.3, -0.25) is 14.2 Å². The third-order valence-electron chi connectivity index (χ3n) is 5.59. The van der Waals surface area contributed by atoms with Crippen LogP contribution < -0.4 is 5.56 Å². The Morgan fingerprint density at radius 2 is 1.79 bits per heavy atom. The van der Waals surface area contributed by atoms with Crippen molar-refractivity contribution in [3.05, 3.63) is 87.5 Å². The van der Waals surface area contributed by atoms with Crippen LogP contribution in [0, 0.1) is 0 Å². The minimum atomic E-state index is -0.319. The van der Waals surface area contributed by atoms with E-state index in [1.165, 1.54) is 4.57 Å². The molecule has 1 amide bonds. The molecule has 140 valence electrons. The molecule has 28 heavy (non-hydrogen) atoms.